The van der Waals surface area contributed by atoms with Gasteiger partial charge in [0.2, 0.25) is 0 Å². The molecule has 4 nitrogen and oxygen atoms in total. The number of Topliss-reactive ketones (excluding diaryl/α,β-unsaturated/α-hetero) is 1. The molecule has 4 rings (SSSR count). The number of aryl methyl sites for hydroxylation is 2. The molecule has 0 atom stereocenters. The molecule has 0 unspecified atom stereocenters. The lowest BCUT2D eigenvalue weighted by molar-refractivity contribution is 0.0912. The summed E-state index contributed by atoms with van der Waals surface area (Å²) in [5.74, 6) is 0.814. The van der Waals surface area contributed by atoms with Crippen molar-refractivity contribution in [2.24, 2.45) is 5.41 Å². The summed E-state index contributed by atoms with van der Waals surface area (Å²) in [6.45, 7) is 8.44. The average molecular weight is 359 g/mol. The van der Waals surface area contributed by atoms with E-state index in [0.717, 1.165) is 29.1 Å². The van der Waals surface area contributed by atoms with Gasteiger partial charge in [0, 0.05) is 12.1 Å². The quantitative estimate of drug-likeness (QED) is 0.682. The molecular weight excluding hydrogens is 334 g/mol. The Kier molecular flexibility index (Phi) is 4.14. The van der Waals surface area contributed by atoms with Crippen LogP contribution in [0.4, 0.5) is 11.5 Å². The molecule has 0 amide bonds. The molecular formula is C23H25N3O. The van der Waals surface area contributed by atoms with Crippen LogP contribution in [-0.4, -0.2) is 15.6 Å². The number of rotatable bonds is 3. The van der Waals surface area contributed by atoms with Crippen molar-refractivity contribution in [2.45, 2.75) is 40.5 Å². The van der Waals surface area contributed by atoms with Crippen molar-refractivity contribution in [3.8, 4) is 5.69 Å². The van der Waals surface area contributed by atoms with Gasteiger partial charge < -0.3 is 5.32 Å². The molecule has 1 aliphatic carbocycles. The van der Waals surface area contributed by atoms with Crippen LogP contribution in [0.15, 0.2) is 48.5 Å². The Morgan fingerprint density at radius 3 is 2.33 bits per heavy atom. The smallest absolute Gasteiger partial charge is 0.169 e. The number of nitrogens with one attached hydrogen (secondary N) is 1. The van der Waals surface area contributed by atoms with Gasteiger partial charge in [0.1, 0.15) is 0 Å². The van der Waals surface area contributed by atoms with Crippen LogP contribution in [0.2, 0.25) is 0 Å². The van der Waals surface area contributed by atoms with Gasteiger partial charge in [0.15, 0.2) is 11.6 Å². The summed E-state index contributed by atoms with van der Waals surface area (Å²) >= 11 is 0. The van der Waals surface area contributed by atoms with E-state index >= 15 is 0 Å². The van der Waals surface area contributed by atoms with Crippen LogP contribution < -0.4 is 5.32 Å². The van der Waals surface area contributed by atoms with Crippen molar-refractivity contribution in [3.63, 3.8) is 0 Å². The second-order valence-electron chi connectivity index (χ2n) is 8.36. The maximum absolute atomic E-state index is 13.0. The Hall–Kier alpha value is -2.88. The molecule has 0 radical (unpaired) electrons. The number of fused-ring (bicyclic) bond motifs is 1. The third-order valence-corrected chi connectivity index (χ3v) is 5.03. The van der Waals surface area contributed by atoms with Gasteiger partial charge in [-0.25, -0.2) is 4.68 Å². The summed E-state index contributed by atoms with van der Waals surface area (Å²) in [6.07, 6.45) is 1.37. The highest BCUT2D eigenvalue weighted by molar-refractivity contribution is 6.03. The zero-order valence-corrected chi connectivity index (χ0v) is 16.3. The van der Waals surface area contributed by atoms with E-state index in [9.17, 15) is 4.79 Å². The molecule has 27 heavy (non-hydrogen) atoms. The average Bonchev–Trinajstić information content (AvgIpc) is 2.91. The lowest BCUT2D eigenvalue weighted by Gasteiger charge is -2.29. The summed E-state index contributed by atoms with van der Waals surface area (Å²) in [4.78, 5) is 13.0. The Morgan fingerprint density at radius 2 is 1.67 bits per heavy atom. The lowest BCUT2D eigenvalue weighted by atomic mass is 9.76. The summed E-state index contributed by atoms with van der Waals surface area (Å²) in [5, 5.41) is 8.23. The van der Waals surface area contributed by atoms with Gasteiger partial charge in [0.25, 0.3) is 0 Å². The van der Waals surface area contributed by atoms with E-state index in [0.29, 0.717) is 12.2 Å². The number of hydrogen-bond donors (Lipinski definition) is 1. The van der Waals surface area contributed by atoms with E-state index in [1.807, 2.05) is 35.0 Å². The Balaban J connectivity index is 1.85. The number of nitrogens with zero attached hydrogens (tertiary/aromatic N) is 2. The fourth-order valence-electron chi connectivity index (χ4n) is 4.00. The first kappa shape index (κ1) is 17.5. The Labute approximate surface area is 160 Å². The number of carbonyl (C=O) groups is 1. The molecule has 4 heteroatoms. The number of benzene rings is 2. The van der Waals surface area contributed by atoms with E-state index in [2.05, 4.69) is 51.2 Å². The van der Waals surface area contributed by atoms with Crippen LogP contribution in [0.3, 0.4) is 0 Å². The molecule has 0 saturated heterocycles. The Bertz CT molecular complexity index is 995. The van der Waals surface area contributed by atoms with E-state index in [1.165, 1.54) is 11.1 Å². The van der Waals surface area contributed by atoms with Crippen molar-refractivity contribution in [3.05, 3.63) is 70.9 Å². The monoisotopic (exact) mass is 359 g/mol. The van der Waals surface area contributed by atoms with Crippen molar-refractivity contribution in [1.29, 1.82) is 0 Å². The van der Waals surface area contributed by atoms with Crippen LogP contribution in [0.5, 0.6) is 0 Å². The summed E-state index contributed by atoms with van der Waals surface area (Å²) in [7, 11) is 0. The molecule has 2 aromatic carbocycles. The molecule has 1 aromatic heterocycles. The highest BCUT2D eigenvalue weighted by Crippen LogP contribution is 2.39. The van der Waals surface area contributed by atoms with Gasteiger partial charge in [-0.15, -0.1) is 5.10 Å². The lowest BCUT2D eigenvalue weighted by Crippen LogP contribution is -2.28. The van der Waals surface area contributed by atoms with Crippen molar-refractivity contribution < 1.29 is 4.79 Å². The third-order valence-electron chi connectivity index (χ3n) is 5.03. The summed E-state index contributed by atoms with van der Waals surface area (Å²) < 4.78 is 1.93. The predicted molar refractivity (Wildman–Crippen MR) is 109 cm³/mol. The zero-order valence-electron chi connectivity index (χ0n) is 16.3. The maximum atomic E-state index is 13.0. The fourth-order valence-corrected chi connectivity index (χ4v) is 4.00. The number of ketones is 1. The van der Waals surface area contributed by atoms with Crippen LogP contribution in [0, 0.1) is 19.3 Å². The van der Waals surface area contributed by atoms with Gasteiger partial charge in [-0.05, 0) is 61.1 Å². The molecule has 0 bridgehead atoms. The largest absolute Gasteiger partial charge is 0.338 e. The molecule has 1 heterocycles. The molecule has 0 saturated carbocycles. The number of aromatic nitrogens is 2. The number of anilines is 2. The van der Waals surface area contributed by atoms with Gasteiger partial charge in [-0.1, -0.05) is 38.1 Å². The highest BCUT2D eigenvalue weighted by atomic mass is 16.1. The molecule has 1 aliphatic rings. The van der Waals surface area contributed by atoms with Gasteiger partial charge >= 0.3 is 0 Å². The van der Waals surface area contributed by atoms with Crippen LogP contribution in [0.1, 0.15) is 47.4 Å². The van der Waals surface area contributed by atoms with Crippen LogP contribution in [0.25, 0.3) is 5.69 Å². The minimum atomic E-state index is -0.0617. The minimum absolute atomic E-state index is 0.0617. The molecule has 3 aromatic rings. The number of carbonyl (C=O) groups excluding carboxylic acids is 1. The van der Waals surface area contributed by atoms with Crippen molar-refractivity contribution in [1.82, 2.24) is 9.78 Å². The van der Waals surface area contributed by atoms with E-state index < -0.39 is 0 Å². The van der Waals surface area contributed by atoms with Crippen molar-refractivity contribution >= 4 is 17.3 Å². The van der Waals surface area contributed by atoms with Crippen LogP contribution >= 0.6 is 0 Å². The van der Waals surface area contributed by atoms with Crippen molar-refractivity contribution in [2.75, 3.05) is 5.32 Å². The Morgan fingerprint density at radius 1 is 1.00 bits per heavy atom. The minimum Gasteiger partial charge on any atom is -0.338 e. The molecule has 0 aliphatic heterocycles. The zero-order chi connectivity index (χ0) is 19.2. The van der Waals surface area contributed by atoms with Gasteiger partial charge in [-0.3, -0.25) is 4.79 Å². The fraction of sp³-hybridized carbons (Fsp3) is 0.304. The van der Waals surface area contributed by atoms with Crippen LogP contribution in [-0.2, 0) is 6.42 Å². The van der Waals surface area contributed by atoms with E-state index in [-0.39, 0.29) is 11.2 Å². The molecule has 1 N–H and O–H groups in total. The standard InChI is InChI=1S/C23H25N3O/c1-15-10-16(2)12-17(11-15)24-22-21-19(13-23(3,4)14-20(21)27)26(25-22)18-8-6-5-7-9-18/h5-12H,13-14H2,1-4H3,(H,24,25). The number of hydrogen-bond acceptors (Lipinski definition) is 3. The van der Waals surface area contributed by atoms with Gasteiger partial charge in [0.05, 0.1) is 16.9 Å². The maximum Gasteiger partial charge on any atom is 0.169 e. The third kappa shape index (κ3) is 3.39. The topological polar surface area (TPSA) is 46.9 Å². The second kappa shape index (κ2) is 6.38. The van der Waals surface area contributed by atoms with Gasteiger partial charge in [-0.2, -0.15) is 0 Å². The molecule has 0 fully saturated rings. The first-order chi connectivity index (χ1) is 12.8. The summed E-state index contributed by atoms with van der Waals surface area (Å²) in [6, 6.07) is 16.3. The number of para-hydroxylation sites is 1. The SMILES string of the molecule is Cc1cc(C)cc(Nc2nn(-c3ccccc3)c3c2C(=O)CC(C)(C)C3)c1. The highest BCUT2D eigenvalue weighted by Gasteiger charge is 2.36. The normalized spacial score (nSPS) is 15.5. The molecule has 138 valence electrons. The second-order valence-corrected chi connectivity index (χ2v) is 8.36. The first-order valence-corrected chi connectivity index (χ1v) is 9.38. The van der Waals surface area contributed by atoms with E-state index in [4.69, 9.17) is 5.10 Å². The summed E-state index contributed by atoms with van der Waals surface area (Å²) in [5.41, 5.74) is 5.97. The van der Waals surface area contributed by atoms with E-state index in [1.54, 1.807) is 0 Å². The molecule has 0 spiro atoms. The first-order valence-electron chi connectivity index (χ1n) is 9.38. The predicted octanol–water partition coefficient (Wildman–Crippen LogP) is 5.39.